The van der Waals surface area contributed by atoms with Crippen LogP contribution in [0.2, 0.25) is 0 Å². The van der Waals surface area contributed by atoms with Gasteiger partial charge in [-0.25, -0.2) is 0 Å². The van der Waals surface area contributed by atoms with E-state index in [1.807, 2.05) is 44.7 Å². The fraction of sp³-hybridized carbons (Fsp3) is 0.579. The van der Waals surface area contributed by atoms with E-state index in [9.17, 15) is 9.59 Å². The molecule has 0 unspecified atom stereocenters. The van der Waals surface area contributed by atoms with Crippen molar-refractivity contribution in [2.24, 2.45) is 11.8 Å². The molecule has 23 heavy (non-hydrogen) atoms. The summed E-state index contributed by atoms with van der Waals surface area (Å²) in [6.45, 7) is 9.37. The summed E-state index contributed by atoms with van der Waals surface area (Å²) >= 11 is 0. The zero-order valence-corrected chi connectivity index (χ0v) is 14.7. The van der Waals surface area contributed by atoms with Crippen LogP contribution in [0.25, 0.3) is 0 Å². The number of hydrogen-bond donors (Lipinski definition) is 1. The van der Waals surface area contributed by atoms with Crippen molar-refractivity contribution < 1.29 is 9.59 Å². The first kappa shape index (κ1) is 17.5. The molecule has 0 atom stereocenters. The standard InChI is InChI=1S/C19H28N2O2/c1-5-14(6-2)18(22)20-17-8-7-15-9-10-21(12-16(15)11-17)19(23)13(3)4/h7-8,11,13-14H,5-6,9-10,12H2,1-4H3,(H,20,22). The predicted molar refractivity (Wildman–Crippen MR) is 93.1 cm³/mol. The minimum Gasteiger partial charge on any atom is -0.338 e. The molecule has 0 radical (unpaired) electrons. The number of fused-ring (bicyclic) bond motifs is 1. The van der Waals surface area contributed by atoms with Crippen molar-refractivity contribution in [2.75, 3.05) is 11.9 Å². The molecule has 126 valence electrons. The van der Waals surface area contributed by atoms with Crippen LogP contribution in [-0.2, 0) is 22.6 Å². The fourth-order valence-electron chi connectivity index (χ4n) is 3.09. The van der Waals surface area contributed by atoms with Crippen molar-refractivity contribution in [1.29, 1.82) is 0 Å². The molecule has 4 heteroatoms. The van der Waals surface area contributed by atoms with Crippen molar-refractivity contribution in [3.05, 3.63) is 29.3 Å². The number of nitrogens with one attached hydrogen (secondary N) is 1. The Morgan fingerprint density at radius 2 is 1.87 bits per heavy atom. The molecule has 1 aromatic rings. The summed E-state index contributed by atoms with van der Waals surface area (Å²) in [6, 6.07) is 6.07. The Bertz CT molecular complexity index is 577. The van der Waals surface area contributed by atoms with E-state index in [1.165, 1.54) is 5.56 Å². The van der Waals surface area contributed by atoms with E-state index >= 15 is 0 Å². The van der Waals surface area contributed by atoms with E-state index in [4.69, 9.17) is 0 Å². The zero-order chi connectivity index (χ0) is 17.0. The highest BCUT2D eigenvalue weighted by Gasteiger charge is 2.23. The zero-order valence-electron chi connectivity index (χ0n) is 14.7. The molecular formula is C19H28N2O2. The highest BCUT2D eigenvalue weighted by Crippen LogP contribution is 2.24. The molecule has 1 aromatic carbocycles. The normalized spacial score (nSPS) is 14.1. The quantitative estimate of drug-likeness (QED) is 0.902. The van der Waals surface area contributed by atoms with Gasteiger partial charge >= 0.3 is 0 Å². The van der Waals surface area contributed by atoms with Gasteiger partial charge in [0.1, 0.15) is 0 Å². The van der Waals surface area contributed by atoms with Gasteiger partial charge in [-0.1, -0.05) is 33.8 Å². The average Bonchev–Trinajstić information content (AvgIpc) is 2.54. The van der Waals surface area contributed by atoms with Crippen molar-refractivity contribution >= 4 is 17.5 Å². The molecule has 1 aliphatic heterocycles. The van der Waals surface area contributed by atoms with E-state index < -0.39 is 0 Å². The Balaban J connectivity index is 2.11. The average molecular weight is 316 g/mol. The Kier molecular flexibility index (Phi) is 5.80. The second-order valence-corrected chi connectivity index (χ2v) is 6.65. The van der Waals surface area contributed by atoms with Crippen LogP contribution in [0.5, 0.6) is 0 Å². The Hall–Kier alpha value is -1.84. The second kappa shape index (κ2) is 7.62. The third-order valence-electron chi connectivity index (χ3n) is 4.65. The minimum absolute atomic E-state index is 0.0225. The van der Waals surface area contributed by atoms with E-state index in [0.717, 1.165) is 37.1 Å². The molecule has 1 aliphatic rings. The number of amides is 2. The summed E-state index contributed by atoms with van der Waals surface area (Å²) in [7, 11) is 0. The van der Waals surface area contributed by atoms with Gasteiger partial charge in [-0.2, -0.15) is 0 Å². The van der Waals surface area contributed by atoms with Gasteiger partial charge in [-0.05, 0) is 42.5 Å². The van der Waals surface area contributed by atoms with Gasteiger partial charge in [0.15, 0.2) is 0 Å². The first-order valence-corrected chi connectivity index (χ1v) is 8.67. The first-order valence-electron chi connectivity index (χ1n) is 8.67. The molecule has 0 fully saturated rings. The molecule has 0 spiro atoms. The molecule has 0 aliphatic carbocycles. The molecule has 1 N–H and O–H groups in total. The van der Waals surface area contributed by atoms with Crippen LogP contribution in [0.15, 0.2) is 18.2 Å². The summed E-state index contributed by atoms with van der Waals surface area (Å²) in [5, 5.41) is 3.02. The van der Waals surface area contributed by atoms with Gasteiger partial charge in [0, 0.05) is 30.6 Å². The largest absolute Gasteiger partial charge is 0.338 e. The third kappa shape index (κ3) is 4.12. The monoisotopic (exact) mass is 316 g/mol. The minimum atomic E-state index is 0.0225. The third-order valence-corrected chi connectivity index (χ3v) is 4.65. The first-order chi connectivity index (χ1) is 11.0. The highest BCUT2D eigenvalue weighted by molar-refractivity contribution is 5.92. The molecule has 4 nitrogen and oxygen atoms in total. The Morgan fingerprint density at radius 1 is 1.17 bits per heavy atom. The van der Waals surface area contributed by atoms with Crippen LogP contribution in [0.1, 0.15) is 51.7 Å². The summed E-state index contributed by atoms with van der Waals surface area (Å²) in [6.07, 6.45) is 2.59. The smallest absolute Gasteiger partial charge is 0.227 e. The van der Waals surface area contributed by atoms with Gasteiger partial charge in [-0.15, -0.1) is 0 Å². The lowest BCUT2D eigenvalue weighted by atomic mass is 9.97. The van der Waals surface area contributed by atoms with Crippen molar-refractivity contribution in [1.82, 2.24) is 4.90 Å². The second-order valence-electron chi connectivity index (χ2n) is 6.65. The number of rotatable bonds is 5. The fourth-order valence-corrected chi connectivity index (χ4v) is 3.09. The maximum atomic E-state index is 12.2. The molecular weight excluding hydrogens is 288 g/mol. The number of hydrogen-bond acceptors (Lipinski definition) is 2. The van der Waals surface area contributed by atoms with Gasteiger partial charge in [0.2, 0.25) is 11.8 Å². The summed E-state index contributed by atoms with van der Waals surface area (Å²) in [4.78, 5) is 26.3. The Morgan fingerprint density at radius 3 is 2.48 bits per heavy atom. The molecule has 1 heterocycles. The van der Waals surface area contributed by atoms with Gasteiger partial charge in [0.05, 0.1) is 0 Å². The maximum absolute atomic E-state index is 12.2. The van der Waals surface area contributed by atoms with Crippen LogP contribution in [0.3, 0.4) is 0 Å². The number of benzene rings is 1. The van der Waals surface area contributed by atoms with E-state index in [2.05, 4.69) is 11.4 Å². The molecule has 2 amide bonds. The Labute approximate surface area is 139 Å². The van der Waals surface area contributed by atoms with Gasteiger partial charge in [0.25, 0.3) is 0 Å². The lowest BCUT2D eigenvalue weighted by Crippen LogP contribution is -2.38. The topological polar surface area (TPSA) is 49.4 Å². The van der Waals surface area contributed by atoms with Crippen LogP contribution in [0.4, 0.5) is 5.69 Å². The summed E-state index contributed by atoms with van der Waals surface area (Å²) in [5.74, 6) is 0.363. The number of nitrogens with zero attached hydrogens (tertiary/aromatic N) is 1. The predicted octanol–water partition coefficient (Wildman–Crippen LogP) is 3.60. The molecule has 0 bridgehead atoms. The van der Waals surface area contributed by atoms with Crippen molar-refractivity contribution in [3.8, 4) is 0 Å². The molecule has 0 saturated carbocycles. The molecule has 0 saturated heterocycles. The van der Waals surface area contributed by atoms with Crippen molar-refractivity contribution in [2.45, 2.75) is 53.5 Å². The van der Waals surface area contributed by atoms with E-state index in [-0.39, 0.29) is 23.7 Å². The SMILES string of the molecule is CCC(CC)C(=O)Nc1ccc2c(c1)CN(C(=O)C(C)C)CC2. The van der Waals surface area contributed by atoms with Crippen LogP contribution >= 0.6 is 0 Å². The summed E-state index contributed by atoms with van der Waals surface area (Å²) < 4.78 is 0. The maximum Gasteiger partial charge on any atom is 0.227 e. The van der Waals surface area contributed by atoms with Crippen LogP contribution < -0.4 is 5.32 Å². The van der Waals surface area contributed by atoms with Crippen molar-refractivity contribution in [3.63, 3.8) is 0 Å². The number of carbonyl (C=O) groups excluding carboxylic acids is 2. The van der Waals surface area contributed by atoms with E-state index in [1.54, 1.807) is 0 Å². The van der Waals surface area contributed by atoms with E-state index in [0.29, 0.717) is 6.54 Å². The van der Waals surface area contributed by atoms with Crippen LogP contribution in [0, 0.1) is 11.8 Å². The number of carbonyl (C=O) groups is 2. The van der Waals surface area contributed by atoms with Crippen LogP contribution in [-0.4, -0.2) is 23.3 Å². The lowest BCUT2D eigenvalue weighted by Gasteiger charge is -2.30. The van der Waals surface area contributed by atoms with Gasteiger partial charge in [-0.3, -0.25) is 9.59 Å². The molecule has 2 rings (SSSR count). The van der Waals surface area contributed by atoms with Gasteiger partial charge < -0.3 is 10.2 Å². The summed E-state index contributed by atoms with van der Waals surface area (Å²) in [5.41, 5.74) is 3.26. The highest BCUT2D eigenvalue weighted by atomic mass is 16.2. The number of anilines is 1. The molecule has 0 aromatic heterocycles. The lowest BCUT2D eigenvalue weighted by molar-refractivity contribution is -0.135.